The van der Waals surface area contributed by atoms with E-state index in [0.29, 0.717) is 32.1 Å². The number of esters is 2. The lowest BCUT2D eigenvalue weighted by Gasteiger charge is -2.47. The molecule has 9 nitrogen and oxygen atoms in total. The van der Waals surface area contributed by atoms with Crippen molar-refractivity contribution in [2.75, 3.05) is 6.61 Å². The quantitative estimate of drug-likeness (QED) is 0.214. The average molecular weight is 598 g/mol. The van der Waals surface area contributed by atoms with Crippen molar-refractivity contribution in [3.05, 3.63) is 46.8 Å². The van der Waals surface area contributed by atoms with Gasteiger partial charge in [0.05, 0.1) is 35.8 Å². The van der Waals surface area contributed by atoms with Gasteiger partial charge in [0.25, 0.3) is 0 Å². The Morgan fingerprint density at radius 2 is 1.53 bits per heavy atom. The third-order valence-corrected chi connectivity index (χ3v) is 9.11. The number of benzene rings is 1. The molecule has 0 aliphatic carbocycles. The molecule has 0 saturated carbocycles. The van der Waals surface area contributed by atoms with Gasteiger partial charge in [0.15, 0.2) is 6.61 Å². The molecule has 0 spiro atoms. The average Bonchev–Trinajstić information content (AvgIpc) is 3.45. The van der Waals surface area contributed by atoms with Crippen LogP contribution in [-0.2, 0) is 50.7 Å². The van der Waals surface area contributed by atoms with Gasteiger partial charge in [-0.2, -0.15) is 0 Å². The fraction of sp³-hybridized carbons (Fsp3) is 0.647. The largest absolute Gasteiger partial charge is 0.460 e. The summed E-state index contributed by atoms with van der Waals surface area (Å²) in [5, 5.41) is 28.1. The van der Waals surface area contributed by atoms with E-state index in [1.54, 1.807) is 10.7 Å². The highest BCUT2D eigenvalue weighted by molar-refractivity contribution is 5.78. The summed E-state index contributed by atoms with van der Waals surface area (Å²) < 4.78 is 13.1. The van der Waals surface area contributed by atoms with Crippen LogP contribution in [-0.4, -0.2) is 49.4 Å². The Labute approximate surface area is 257 Å². The standard InChI is InChI=1S/C34H51N3O6/c1-11-16-42-30(41)32(7,8)33(9,12-2)20-28(29(40)43-31(4,5)6)34(10,13-3)37-21-27(35-36-37)15-14-24-17-25(22-38)19-26(18-24)23-39/h1,17-19,21,28,38-39H,12-16,20,22-23H2,2-10H3. The number of terminal acetylenes is 1. The SMILES string of the molecule is C#CCOC(=O)C(C)(C)C(C)(CC)CC(C(=O)OC(C)(C)C)C(C)(CC)n1cc(CCc2cc(CO)cc(CO)c2)nn1. The summed E-state index contributed by atoms with van der Waals surface area (Å²) in [7, 11) is 0. The first-order valence-electron chi connectivity index (χ1n) is 15.1. The number of carbonyl (C=O) groups excluding carboxylic acids is 2. The highest BCUT2D eigenvalue weighted by Crippen LogP contribution is 2.50. The molecule has 2 rings (SSSR count). The van der Waals surface area contributed by atoms with Gasteiger partial charge in [-0.15, -0.1) is 11.5 Å². The summed E-state index contributed by atoms with van der Waals surface area (Å²) in [5.74, 6) is 0.922. The van der Waals surface area contributed by atoms with Crippen molar-refractivity contribution in [1.82, 2.24) is 15.0 Å². The van der Waals surface area contributed by atoms with Crippen LogP contribution in [0.5, 0.6) is 0 Å². The van der Waals surface area contributed by atoms with Crippen LogP contribution >= 0.6 is 0 Å². The minimum Gasteiger partial charge on any atom is -0.460 e. The van der Waals surface area contributed by atoms with Crippen LogP contribution in [0.4, 0.5) is 0 Å². The molecule has 0 fully saturated rings. The number of aliphatic hydroxyl groups excluding tert-OH is 2. The molecule has 1 aromatic carbocycles. The zero-order valence-corrected chi connectivity index (χ0v) is 27.5. The van der Waals surface area contributed by atoms with Crippen molar-refractivity contribution in [3.8, 4) is 12.3 Å². The van der Waals surface area contributed by atoms with Crippen LogP contribution in [0.1, 0.15) is 104 Å². The maximum atomic E-state index is 14.0. The number of carbonyl (C=O) groups is 2. The van der Waals surface area contributed by atoms with Gasteiger partial charge >= 0.3 is 11.9 Å². The second-order valence-corrected chi connectivity index (χ2v) is 13.4. The van der Waals surface area contributed by atoms with E-state index in [-0.39, 0.29) is 25.8 Å². The molecular formula is C34H51N3O6. The van der Waals surface area contributed by atoms with Crippen LogP contribution in [0.3, 0.4) is 0 Å². The highest BCUT2D eigenvalue weighted by atomic mass is 16.6. The topological polar surface area (TPSA) is 124 Å². The molecule has 0 aliphatic heterocycles. The lowest BCUT2D eigenvalue weighted by Crippen LogP contribution is -2.51. The van der Waals surface area contributed by atoms with Crippen LogP contribution in [0.15, 0.2) is 24.4 Å². The molecule has 9 heteroatoms. The number of hydrogen-bond donors (Lipinski definition) is 2. The lowest BCUT2D eigenvalue weighted by molar-refractivity contribution is -0.173. The number of aromatic nitrogens is 3. The summed E-state index contributed by atoms with van der Waals surface area (Å²) in [6.45, 7) is 16.9. The predicted molar refractivity (Wildman–Crippen MR) is 166 cm³/mol. The molecule has 2 N–H and O–H groups in total. The molecule has 0 aliphatic rings. The van der Waals surface area contributed by atoms with Crippen molar-refractivity contribution in [3.63, 3.8) is 0 Å². The minimum absolute atomic E-state index is 0.104. The molecule has 0 bridgehead atoms. The van der Waals surface area contributed by atoms with Gasteiger partial charge in [-0.3, -0.25) is 9.59 Å². The maximum absolute atomic E-state index is 14.0. The Hall–Kier alpha value is -3.22. The van der Waals surface area contributed by atoms with Gasteiger partial charge < -0.3 is 19.7 Å². The Morgan fingerprint density at radius 1 is 0.953 bits per heavy atom. The van der Waals surface area contributed by atoms with E-state index in [2.05, 4.69) is 16.2 Å². The van der Waals surface area contributed by atoms with Gasteiger partial charge in [-0.25, -0.2) is 4.68 Å². The summed E-state index contributed by atoms with van der Waals surface area (Å²) in [4.78, 5) is 27.2. The Balaban J connectivity index is 2.48. The number of ether oxygens (including phenoxy) is 2. The first kappa shape index (κ1) is 36.0. The molecule has 238 valence electrons. The Bertz CT molecular complexity index is 1270. The minimum atomic E-state index is -0.947. The molecule has 0 radical (unpaired) electrons. The number of aryl methyl sites for hydroxylation is 2. The molecule has 0 saturated heterocycles. The second kappa shape index (κ2) is 14.5. The van der Waals surface area contributed by atoms with Gasteiger partial charge in [0.2, 0.25) is 0 Å². The first-order chi connectivity index (χ1) is 20.0. The number of aliphatic hydroxyl groups is 2. The fourth-order valence-electron chi connectivity index (χ4n) is 5.43. The third kappa shape index (κ3) is 8.67. The highest BCUT2D eigenvalue weighted by Gasteiger charge is 2.53. The summed E-state index contributed by atoms with van der Waals surface area (Å²) in [5.41, 5.74) is 0.0938. The van der Waals surface area contributed by atoms with Crippen LogP contribution < -0.4 is 0 Å². The van der Waals surface area contributed by atoms with Gasteiger partial charge in [-0.1, -0.05) is 50.1 Å². The van der Waals surface area contributed by atoms with E-state index in [4.69, 9.17) is 15.9 Å². The maximum Gasteiger partial charge on any atom is 0.313 e. The van der Waals surface area contributed by atoms with E-state index in [0.717, 1.165) is 22.4 Å². The molecular weight excluding hydrogens is 546 g/mol. The number of nitrogens with zero attached hydrogens (tertiary/aromatic N) is 3. The molecule has 3 unspecified atom stereocenters. The van der Waals surface area contributed by atoms with Crippen LogP contribution in [0.2, 0.25) is 0 Å². The molecule has 1 heterocycles. The third-order valence-electron chi connectivity index (χ3n) is 9.11. The summed E-state index contributed by atoms with van der Waals surface area (Å²) >= 11 is 0. The smallest absolute Gasteiger partial charge is 0.313 e. The molecule has 3 atom stereocenters. The van der Waals surface area contributed by atoms with Crippen molar-refractivity contribution in [1.29, 1.82) is 0 Å². The predicted octanol–water partition coefficient (Wildman–Crippen LogP) is 5.14. The van der Waals surface area contributed by atoms with Crippen molar-refractivity contribution < 1.29 is 29.3 Å². The monoisotopic (exact) mass is 597 g/mol. The molecule has 1 aromatic heterocycles. The van der Waals surface area contributed by atoms with E-state index < -0.39 is 33.9 Å². The summed E-state index contributed by atoms with van der Waals surface area (Å²) in [6.07, 6.45) is 9.94. The Morgan fingerprint density at radius 3 is 2.02 bits per heavy atom. The van der Waals surface area contributed by atoms with E-state index >= 15 is 0 Å². The Kier molecular flexibility index (Phi) is 12.1. The van der Waals surface area contributed by atoms with Gasteiger partial charge in [-0.05, 0) is 95.8 Å². The van der Waals surface area contributed by atoms with E-state index in [1.165, 1.54) is 0 Å². The van der Waals surface area contributed by atoms with Crippen LogP contribution in [0.25, 0.3) is 0 Å². The zero-order chi connectivity index (χ0) is 32.6. The normalized spacial score (nSPS) is 15.6. The molecule has 43 heavy (non-hydrogen) atoms. The molecule has 2 aromatic rings. The van der Waals surface area contributed by atoms with Gasteiger partial charge in [0, 0.05) is 6.20 Å². The second-order valence-electron chi connectivity index (χ2n) is 13.4. The van der Waals surface area contributed by atoms with Crippen molar-refractivity contribution in [2.45, 2.75) is 119 Å². The molecule has 0 amide bonds. The van der Waals surface area contributed by atoms with Gasteiger partial charge in [0.1, 0.15) is 5.60 Å². The number of hydrogen-bond acceptors (Lipinski definition) is 8. The van der Waals surface area contributed by atoms with Crippen LogP contribution in [0, 0.1) is 29.1 Å². The number of rotatable bonds is 15. The van der Waals surface area contributed by atoms with E-state index in [9.17, 15) is 19.8 Å². The fourth-order valence-corrected chi connectivity index (χ4v) is 5.43. The van der Waals surface area contributed by atoms with Crippen molar-refractivity contribution >= 4 is 11.9 Å². The van der Waals surface area contributed by atoms with E-state index in [1.807, 2.05) is 80.6 Å². The zero-order valence-electron chi connectivity index (χ0n) is 27.5. The van der Waals surface area contributed by atoms with Crippen molar-refractivity contribution in [2.24, 2.45) is 16.7 Å². The summed E-state index contributed by atoms with van der Waals surface area (Å²) in [6, 6.07) is 5.61. The first-order valence-corrected chi connectivity index (χ1v) is 15.1. The lowest BCUT2D eigenvalue weighted by atomic mass is 9.59.